The second-order valence-electron chi connectivity index (χ2n) is 6.96. The molecular formula is C21H24N4O. The minimum absolute atomic E-state index is 0.0751. The van der Waals surface area contributed by atoms with Gasteiger partial charge in [0.05, 0.1) is 22.8 Å². The summed E-state index contributed by atoms with van der Waals surface area (Å²) in [4.78, 5) is 20.7. The molecule has 0 aliphatic rings. The van der Waals surface area contributed by atoms with Gasteiger partial charge in [-0.1, -0.05) is 38.1 Å². The van der Waals surface area contributed by atoms with Gasteiger partial charge in [-0.25, -0.2) is 9.97 Å². The summed E-state index contributed by atoms with van der Waals surface area (Å²) < 4.78 is 0. The zero-order chi connectivity index (χ0) is 18.7. The van der Waals surface area contributed by atoms with Gasteiger partial charge in [0, 0.05) is 5.56 Å². The lowest BCUT2D eigenvalue weighted by atomic mass is 9.96. The van der Waals surface area contributed by atoms with Crippen LogP contribution < -0.4 is 11.1 Å². The van der Waals surface area contributed by atoms with Gasteiger partial charge in [0.2, 0.25) is 5.91 Å². The molecular weight excluding hydrogens is 324 g/mol. The second-order valence-corrected chi connectivity index (χ2v) is 6.96. The quantitative estimate of drug-likeness (QED) is 0.698. The highest BCUT2D eigenvalue weighted by Crippen LogP contribution is 2.27. The van der Waals surface area contributed by atoms with E-state index in [4.69, 9.17) is 10.7 Å². The summed E-state index contributed by atoms with van der Waals surface area (Å²) in [6, 6.07) is 15.4. The van der Waals surface area contributed by atoms with Gasteiger partial charge in [0.1, 0.15) is 5.82 Å². The number of para-hydroxylation sites is 2. The molecule has 5 nitrogen and oxygen atoms in total. The van der Waals surface area contributed by atoms with Crippen molar-refractivity contribution in [1.82, 2.24) is 9.97 Å². The third-order valence-electron chi connectivity index (χ3n) is 4.36. The highest BCUT2D eigenvalue weighted by Gasteiger charge is 2.16. The maximum Gasteiger partial charge on any atom is 0.248 e. The van der Waals surface area contributed by atoms with Crippen molar-refractivity contribution < 1.29 is 4.79 Å². The molecule has 1 aromatic heterocycles. The molecule has 0 aliphatic carbocycles. The Morgan fingerprint density at radius 3 is 2.23 bits per heavy atom. The van der Waals surface area contributed by atoms with Gasteiger partial charge in [-0.3, -0.25) is 4.79 Å². The van der Waals surface area contributed by atoms with E-state index in [2.05, 4.69) is 24.1 Å². The van der Waals surface area contributed by atoms with Crippen LogP contribution in [-0.4, -0.2) is 15.9 Å². The van der Waals surface area contributed by atoms with E-state index in [1.165, 1.54) is 0 Å². The van der Waals surface area contributed by atoms with E-state index in [9.17, 15) is 4.79 Å². The second kappa shape index (κ2) is 7.52. The number of benzene rings is 2. The van der Waals surface area contributed by atoms with Crippen LogP contribution in [0.2, 0.25) is 0 Å². The molecule has 3 N–H and O–H groups in total. The number of primary amides is 1. The maximum atomic E-state index is 11.3. The zero-order valence-corrected chi connectivity index (χ0v) is 15.4. The van der Waals surface area contributed by atoms with Crippen LogP contribution in [-0.2, 0) is 0 Å². The van der Waals surface area contributed by atoms with E-state index < -0.39 is 5.91 Å². The topological polar surface area (TPSA) is 80.9 Å². The van der Waals surface area contributed by atoms with Crippen LogP contribution in [0.4, 0.5) is 5.82 Å². The first-order valence-electron chi connectivity index (χ1n) is 8.83. The Hall–Kier alpha value is -2.95. The van der Waals surface area contributed by atoms with Crippen LogP contribution in [0.5, 0.6) is 0 Å². The lowest BCUT2D eigenvalue weighted by molar-refractivity contribution is 0.100. The molecule has 0 fully saturated rings. The van der Waals surface area contributed by atoms with Crippen LogP contribution in [0.15, 0.2) is 48.5 Å². The summed E-state index contributed by atoms with van der Waals surface area (Å²) in [6.07, 6.45) is 0.934. The summed E-state index contributed by atoms with van der Waals surface area (Å²) in [7, 11) is 0. The van der Waals surface area contributed by atoms with Crippen molar-refractivity contribution in [2.24, 2.45) is 11.7 Å². The van der Waals surface area contributed by atoms with Crippen LogP contribution in [0.1, 0.15) is 47.9 Å². The van der Waals surface area contributed by atoms with E-state index in [1.54, 1.807) is 12.1 Å². The fourth-order valence-corrected chi connectivity index (χ4v) is 3.02. The number of aromatic nitrogens is 2. The Kier molecular flexibility index (Phi) is 5.16. The molecule has 3 aromatic rings. The fraction of sp³-hybridized carbons (Fsp3) is 0.286. The number of aryl methyl sites for hydroxylation is 1. The lowest BCUT2D eigenvalue weighted by Gasteiger charge is -2.23. The molecule has 2 aromatic carbocycles. The minimum Gasteiger partial charge on any atom is -0.366 e. The number of nitrogens with one attached hydrogen (secondary N) is 1. The van der Waals surface area contributed by atoms with Crippen LogP contribution >= 0.6 is 0 Å². The summed E-state index contributed by atoms with van der Waals surface area (Å²) in [5, 5.41) is 3.55. The number of fused-ring (bicyclic) bond motifs is 1. The van der Waals surface area contributed by atoms with Gasteiger partial charge in [-0.2, -0.15) is 0 Å². The molecule has 0 bridgehead atoms. The summed E-state index contributed by atoms with van der Waals surface area (Å²) >= 11 is 0. The Balaban J connectivity index is 1.93. The largest absolute Gasteiger partial charge is 0.366 e. The molecule has 3 rings (SSSR count). The maximum absolute atomic E-state index is 11.3. The smallest absolute Gasteiger partial charge is 0.248 e. The van der Waals surface area contributed by atoms with Gasteiger partial charge in [0.15, 0.2) is 0 Å². The molecule has 1 atom stereocenters. The Morgan fingerprint density at radius 1 is 1.04 bits per heavy atom. The monoisotopic (exact) mass is 348 g/mol. The summed E-state index contributed by atoms with van der Waals surface area (Å²) in [6.45, 7) is 6.33. The number of nitrogens with two attached hydrogens (primary N) is 1. The minimum atomic E-state index is -0.416. The first kappa shape index (κ1) is 17.9. The first-order chi connectivity index (χ1) is 12.4. The number of rotatable bonds is 6. The number of hydrogen-bond acceptors (Lipinski definition) is 4. The predicted molar refractivity (Wildman–Crippen MR) is 105 cm³/mol. The van der Waals surface area contributed by atoms with Gasteiger partial charge in [0.25, 0.3) is 0 Å². The third kappa shape index (κ3) is 3.99. The SMILES string of the molecule is Cc1nc2ccccc2nc1NC(CC(C)C)c1ccc(C(N)=O)cc1. The number of nitrogens with zero attached hydrogens (tertiary/aromatic N) is 2. The number of amides is 1. The van der Waals surface area contributed by atoms with Gasteiger partial charge in [-0.05, 0) is 49.1 Å². The van der Waals surface area contributed by atoms with E-state index in [-0.39, 0.29) is 6.04 Å². The van der Waals surface area contributed by atoms with Gasteiger partial charge in [-0.15, -0.1) is 0 Å². The van der Waals surface area contributed by atoms with Crippen molar-refractivity contribution in [3.8, 4) is 0 Å². The van der Waals surface area contributed by atoms with Crippen LogP contribution in [0, 0.1) is 12.8 Å². The van der Waals surface area contributed by atoms with Gasteiger partial charge >= 0.3 is 0 Å². The Bertz CT molecular complexity index is 919. The van der Waals surface area contributed by atoms with Crippen LogP contribution in [0.3, 0.4) is 0 Å². The normalized spacial score (nSPS) is 12.3. The van der Waals surface area contributed by atoms with Crippen molar-refractivity contribution in [3.63, 3.8) is 0 Å². The van der Waals surface area contributed by atoms with Crippen molar-refractivity contribution in [2.75, 3.05) is 5.32 Å². The molecule has 26 heavy (non-hydrogen) atoms. The lowest BCUT2D eigenvalue weighted by Crippen LogP contribution is -2.16. The average molecular weight is 348 g/mol. The predicted octanol–water partition coefficient (Wildman–Crippen LogP) is 4.24. The molecule has 0 radical (unpaired) electrons. The van der Waals surface area contributed by atoms with E-state index in [0.29, 0.717) is 11.5 Å². The first-order valence-corrected chi connectivity index (χ1v) is 8.83. The average Bonchev–Trinajstić information content (AvgIpc) is 2.61. The fourth-order valence-electron chi connectivity index (χ4n) is 3.02. The van der Waals surface area contributed by atoms with Crippen molar-refractivity contribution in [3.05, 3.63) is 65.4 Å². The molecule has 5 heteroatoms. The molecule has 1 unspecified atom stereocenters. The Morgan fingerprint density at radius 2 is 1.65 bits per heavy atom. The number of hydrogen-bond donors (Lipinski definition) is 2. The Labute approximate surface area is 153 Å². The van der Waals surface area contributed by atoms with Gasteiger partial charge < -0.3 is 11.1 Å². The van der Waals surface area contributed by atoms with E-state index in [0.717, 1.165) is 34.5 Å². The number of carbonyl (C=O) groups is 1. The molecule has 1 heterocycles. The molecule has 0 saturated heterocycles. The standard InChI is InChI=1S/C21H24N4O/c1-13(2)12-19(15-8-10-16(11-9-15)20(22)26)25-21-14(3)23-17-6-4-5-7-18(17)24-21/h4-11,13,19H,12H2,1-3H3,(H2,22,26)(H,24,25). The molecule has 0 aliphatic heterocycles. The van der Waals surface area contributed by atoms with Crippen molar-refractivity contribution in [1.29, 1.82) is 0 Å². The van der Waals surface area contributed by atoms with E-state index in [1.807, 2.05) is 43.3 Å². The molecule has 1 amide bonds. The zero-order valence-electron chi connectivity index (χ0n) is 15.4. The van der Waals surface area contributed by atoms with E-state index >= 15 is 0 Å². The highest BCUT2D eigenvalue weighted by atomic mass is 16.1. The third-order valence-corrected chi connectivity index (χ3v) is 4.36. The number of anilines is 1. The summed E-state index contributed by atoms with van der Waals surface area (Å²) in [5.41, 5.74) is 9.58. The molecule has 134 valence electrons. The summed E-state index contributed by atoms with van der Waals surface area (Å²) in [5.74, 6) is 0.867. The van der Waals surface area contributed by atoms with Crippen molar-refractivity contribution in [2.45, 2.75) is 33.2 Å². The van der Waals surface area contributed by atoms with Crippen molar-refractivity contribution >= 4 is 22.8 Å². The highest BCUT2D eigenvalue weighted by molar-refractivity contribution is 5.92. The number of carbonyl (C=O) groups excluding carboxylic acids is 1. The van der Waals surface area contributed by atoms with Crippen LogP contribution in [0.25, 0.3) is 11.0 Å². The molecule has 0 saturated carbocycles. The molecule has 0 spiro atoms.